The highest BCUT2D eigenvalue weighted by Gasteiger charge is 2.23. The molecule has 0 bridgehead atoms. The van der Waals surface area contributed by atoms with Gasteiger partial charge in [0.2, 0.25) is 5.91 Å². The maximum absolute atomic E-state index is 12.4. The number of aliphatic hydroxyl groups excluding tert-OH is 1. The lowest BCUT2D eigenvalue weighted by atomic mass is 10.1. The van der Waals surface area contributed by atoms with Gasteiger partial charge in [-0.05, 0) is 26.3 Å². The Bertz CT molecular complexity index is 639. The summed E-state index contributed by atoms with van der Waals surface area (Å²) in [6, 6.07) is 9.23. The number of hydrogen-bond donors (Lipinski definition) is 1. The van der Waals surface area contributed by atoms with Crippen molar-refractivity contribution in [2.45, 2.75) is 39.3 Å². The highest BCUT2D eigenvalue weighted by molar-refractivity contribution is 7.11. The summed E-state index contributed by atoms with van der Waals surface area (Å²) in [5, 5.41) is 11.2. The normalized spacial score (nSPS) is 13.7. The smallest absolute Gasteiger partial charge is 0.225 e. The molecule has 0 fully saturated rings. The molecule has 2 rings (SSSR count). The highest BCUT2D eigenvalue weighted by Crippen LogP contribution is 2.29. The summed E-state index contributed by atoms with van der Waals surface area (Å²) in [6.07, 6.45) is -0.686. The molecule has 0 saturated carbocycles. The van der Waals surface area contributed by atoms with Crippen molar-refractivity contribution < 1.29 is 9.90 Å². The molecule has 0 spiro atoms. The molecule has 1 amide bonds. The van der Waals surface area contributed by atoms with Gasteiger partial charge in [0.25, 0.3) is 0 Å². The first-order valence-electron chi connectivity index (χ1n) is 7.32. The molecule has 0 aliphatic carbocycles. The minimum Gasteiger partial charge on any atom is -0.388 e. The van der Waals surface area contributed by atoms with E-state index in [1.165, 1.54) is 0 Å². The Morgan fingerprint density at radius 2 is 1.95 bits per heavy atom. The van der Waals surface area contributed by atoms with E-state index in [-0.39, 0.29) is 18.4 Å². The van der Waals surface area contributed by atoms with Crippen LogP contribution in [0, 0.1) is 13.8 Å². The molecule has 22 heavy (non-hydrogen) atoms. The van der Waals surface area contributed by atoms with Gasteiger partial charge >= 0.3 is 0 Å². The van der Waals surface area contributed by atoms with Crippen molar-refractivity contribution in [2.24, 2.45) is 0 Å². The largest absolute Gasteiger partial charge is 0.388 e. The third kappa shape index (κ3) is 3.72. The molecule has 2 unspecified atom stereocenters. The lowest BCUT2D eigenvalue weighted by Gasteiger charge is -2.25. The molecule has 2 atom stereocenters. The molecule has 1 heterocycles. The summed E-state index contributed by atoms with van der Waals surface area (Å²) in [5.74, 6) is -0.0747. The molecule has 118 valence electrons. The van der Waals surface area contributed by atoms with E-state index in [0.717, 1.165) is 21.1 Å². The van der Waals surface area contributed by atoms with Gasteiger partial charge in [-0.3, -0.25) is 4.79 Å². The monoisotopic (exact) mass is 318 g/mol. The van der Waals surface area contributed by atoms with Crippen molar-refractivity contribution in [2.75, 3.05) is 7.05 Å². The van der Waals surface area contributed by atoms with Gasteiger partial charge in [-0.1, -0.05) is 30.3 Å². The van der Waals surface area contributed by atoms with Gasteiger partial charge in [0.05, 0.1) is 29.3 Å². The first kappa shape index (κ1) is 16.6. The van der Waals surface area contributed by atoms with Crippen molar-refractivity contribution in [3.05, 3.63) is 51.5 Å². The fourth-order valence-corrected chi connectivity index (χ4v) is 3.45. The number of carbonyl (C=O) groups excluding carboxylic acids is 1. The molecule has 0 aliphatic rings. The van der Waals surface area contributed by atoms with E-state index in [0.29, 0.717) is 0 Å². The van der Waals surface area contributed by atoms with Gasteiger partial charge in [0.15, 0.2) is 0 Å². The van der Waals surface area contributed by atoms with Crippen LogP contribution < -0.4 is 0 Å². The predicted molar refractivity (Wildman–Crippen MR) is 88.8 cm³/mol. The van der Waals surface area contributed by atoms with Crippen LogP contribution in [0.5, 0.6) is 0 Å². The minimum absolute atomic E-state index is 0.0401. The molecule has 0 radical (unpaired) electrons. The number of aromatic nitrogens is 1. The summed E-state index contributed by atoms with van der Waals surface area (Å²) in [6.45, 7) is 5.92. The topological polar surface area (TPSA) is 53.4 Å². The third-order valence-corrected chi connectivity index (χ3v) is 5.09. The Morgan fingerprint density at radius 3 is 2.50 bits per heavy atom. The quantitative estimate of drug-likeness (QED) is 0.919. The van der Waals surface area contributed by atoms with E-state index in [4.69, 9.17) is 0 Å². The summed E-state index contributed by atoms with van der Waals surface area (Å²) >= 11 is 1.62. The van der Waals surface area contributed by atoms with Crippen LogP contribution in [0.15, 0.2) is 30.3 Å². The minimum atomic E-state index is -0.771. The van der Waals surface area contributed by atoms with E-state index in [9.17, 15) is 9.90 Å². The Balaban J connectivity index is 2.04. The maximum atomic E-state index is 12.4. The van der Waals surface area contributed by atoms with E-state index < -0.39 is 6.10 Å². The van der Waals surface area contributed by atoms with Gasteiger partial charge in [0.1, 0.15) is 0 Å². The van der Waals surface area contributed by atoms with Crippen LogP contribution in [-0.2, 0) is 4.79 Å². The molecular formula is C17H22N2O2S. The number of thiazole rings is 1. The van der Waals surface area contributed by atoms with Crippen LogP contribution in [0.3, 0.4) is 0 Å². The van der Waals surface area contributed by atoms with E-state index >= 15 is 0 Å². The van der Waals surface area contributed by atoms with Gasteiger partial charge in [-0.15, -0.1) is 11.3 Å². The van der Waals surface area contributed by atoms with Crippen LogP contribution in [0.4, 0.5) is 0 Å². The first-order chi connectivity index (χ1) is 10.4. The molecule has 5 heteroatoms. The zero-order chi connectivity index (χ0) is 16.3. The van der Waals surface area contributed by atoms with Crippen LogP contribution in [0.1, 0.15) is 46.6 Å². The Kier molecular flexibility index (Phi) is 5.32. The zero-order valence-electron chi connectivity index (χ0n) is 13.4. The molecule has 1 aromatic heterocycles. The van der Waals surface area contributed by atoms with E-state index in [1.54, 1.807) is 23.3 Å². The lowest BCUT2D eigenvalue weighted by molar-refractivity contribution is -0.133. The fraction of sp³-hybridized carbons (Fsp3) is 0.412. The number of carbonyl (C=O) groups is 1. The molecular weight excluding hydrogens is 296 g/mol. The molecule has 0 aliphatic heterocycles. The van der Waals surface area contributed by atoms with Crippen molar-refractivity contribution in [1.29, 1.82) is 0 Å². The second-order valence-electron chi connectivity index (χ2n) is 5.49. The Labute approximate surface area is 135 Å². The summed E-state index contributed by atoms with van der Waals surface area (Å²) < 4.78 is 0. The van der Waals surface area contributed by atoms with Gasteiger partial charge in [-0.2, -0.15) is 0 Å². The Hall–Kier alpha value is -1.72. The number of rotatable bonds is 5. The molecule has 4 nitrogen and oxygen atoms in total. The van der Waals surface area contributed by atoms with Gasteiger partial charge in [0, 0.05) is 11.9 Å². The van der Waals surface area contributed by atoms with Crippen molar-refractivity contribution >= 4 is 17.2 Å². The van der Waals surface area contributed by atoms with Crippen molar-refractivity contribution in [3.8, 4) is 0 Å². The summed E-state index contributed by atoms with van der Waals surface area (Å²) in [4.78, 5) is 19.6. The standard InChI is InChI=1S/C17H22N2O2S/c1-11-17(22-13(3)18-11)12(2)19(4)16(21)10-15(20)14-8-6-5-7-9-14/h5-9,12,15,20H,10H2,1-4H3. The second-order valence-corrected chi connectivity index (χ2v) is 6.73. The first-order valence-corrected chi connectivity index (χ1v) is 8.14. The molecule has 0 saturated heterocycles. The molecule has 1 N–H and O–H groups in total. The number of benzene rings is 1. The van der Waals surface area contributed by atoms with Gasteiger partial charge < -0.3 is 10.0 Å². The highest BCUT2D eigenvalue weighted by atomic mass is 32.1. The summed E-state index contributed by atoms with van der Waals surface area (Å²) in [7, 11) is 1.78. The van der Waals surface area contributed by atoms with Crippen LogP contribution in [0.2, 0.25) is 0 Å². The second kappa shape index (κ2) is 7.03. The lowest BCUT2D eigenvalue weighted by Crippen LogP contribution is -2.30. The Morgan fingerprint density at radius 1 is 1.32 bits per heavy atom. The number of aliphatic hydroxyl groups is 1. The van der Waals surface area contributed by atoms with E-state index in [2.05, 4.69) is 4.98 Å². The summed E-state index contributed by atoms with van der Waals surface area (Å²) in [5.41, 5.74) is 1.74. The van der Waals surface area contributed by atoms with Crippen LogP contribution in [-0.4, -0.2) is 27.9 Å². The average molecular weight is 318 g/mol. The third-order valence-electron chi connectivity index (χ3n) is 3.85. The molecule has 2 aromatic rings. The van der Waals surface area contributed by atoms with Crippen molar-refractivity contribution in [3.63, 3.8) is 0 Å². The predicted octanol–water partition coefficient (Wildman–Crippen LogP) is 3.40. The van der Waals surface area contributed by atoms with Crippen LogP contribution in [0.25, 0.3) is 0 Å². The van der Waals surface area contributed by atoms with Crippen LogP contribution >= 0.6 is 11.3 Å². The van der Waals surface area contributed by atoms with E-state index in [1.807, 2.05) is 51.1 Å². The average Bonchev–Trinajstić information content (AvgIpc) is 2.85. The number of amides is 1. The van der Waals surface area contributed by atoms with Crippen molar-refractivity contribution in [1.82, 2.24) is 9.88 Å². The molecule has 1 aromatic carbocycles. The maximum Gasteiger partial charge on any atom is 0.225 e. The number of aryl methyl sites for hydroxylation is 2. The number of nitrogens with zero attached hydrogens (tertiary/aromatic N) is 2. The zero-order valence-corrected chi connectivity index (χ0v) is 14.2. The van der Waals surface area contributed by atoms with Gasteiger partial charge in [-0.25, -0.2) is 4.98 Å². The SMILES string of the molecule is Cc1nc(C)c(C(C)N(C)C(=O)CC(O)c2ccccc2)s1. The number of hydrogen-bond acceptors (Lipinski definition) is 4. The fourth-order valence-electron chi connectivity index (χ4n) is 2.43.